The van der Waals surface area contributed by atoms with Gasteiger partial charge in [0.2, 0.25) is 0 Å². The third kappa shape index (κ3) is 2.78. The van der Waals surface area contributed by atoms with Crippen LogP contribution in [0.3, 0.4) is 0 Å². The predicted molar refractivity (Wildman–Crippen MR) is 61.0 cm³/mol. The molecule has 0 heterocycles. The molecule has 0 aromatic rings. The molecule has 1 aliphatic carbocycles. The van der Waals surface area contributed by atoms with Crippen molar-refractivity contribution in [1.82, 2.24) is 5.32 Å². The van der Waals surface area contributed by atoms with Gasteiger partial charge in [0.05, 0.1) is 6.04 Å². The van der Waals surface area contributed by atoms with Gasteiger partial charge in [0.1, 0.15) is 0 Å². The molecule has 0 saturated heterocycles. The predicted octanol–water partition coefficient (Wildman–Crippen LogP) is 0.997. The zero-order chi connectivity index (χ0) is 10.6. The number of oxime groups is 1. The summed E-state index contributed by atoms with van der Waals surface area (Å²) >= 11 is 1.90. The number of rotatable bonds is 6. The van der Waals surface area contributed by atoms with Gasteiger partial charge < -0.3 is 16.3 Å². The van der Waals surface area contributed by atoms with E-state index in [-0.39, 0.29) is 11.9 Å². The Labute approximate surface area is 89.3 Å². The van der Waals surface area contributed by atoms with Gasteiger partial charge in [-0.3, -0.25) is 0 Å². The summed E-state index contributed by atoms with van der Waals surface area (Å²) in [6.07, 6.45) is 5.53. The summed E-state index contributed by atoms with van der Waals surface area (Å²) in [6.45, 7) is 2.97. The van der Waals surface area contributed by atoms with Crippen molar-refractivity contribution >= 4 is 17.6 Å². The van der Waals surface area contributed by atoms with Gasteiger partial charge in [0, 0.05) is 11.3 Å². The zero-order valence-electron chi connectivity index (χ0n) is 8.79. The molecule has 0 amide bonds. The van der Waals surface area contributed by atoms with E-state index in [1.54, 1.807) is 0 Å². The lowest BCUT2D eigenvalue weighted by atomic mass is 10.2. The zero-order valence-corrected chi connectivity index (χ0v) is 9.60. The van der Waals surface area contributed by atoms with E-state index in [4.69, 9.17) is 10.9 Å². The van der Waals surface area contributed by atoms with Gasteiger partial charge >= 0.3 is 0 Å². The first kappa shape index (κ1) is 11.7. The van der Waals surface area contributed by atoms with Crippen LogP contribution >= 0.6 is 11.8 Å². The molecule has 0 radical (unpaired) electrons. The Bertz CT molecular complexity index is 216. The van der Waals surface area contributed by atoms with Crippen molar-refractivity contribution in [2.75, 3.05) is 12.8 Å². The number of hydrogen-bond donors (Lipinski definition) is 3. The van der Waals surface area contributed by atoms with Crippen molar-refractivity contribution in [3.63, 3.8) is 0 Å². The minimum Gasteiger partial charge on any atom is -0.409 e. The third-order valence-corrected chi connectivity index (χ3v) is 4.21. The molecule has 14 heavy (non-hydrogen) atoms. The average Bonchev–Trinajstić information content (AvgIpc) is 2.99. The van der Waals surface area contributed by atoms with Crippen molar-refractivity contribution in [3.8, 4) is 0 Å². The first-order valence-electron chi connectivity index (χ1n) is 4.93. The van der Waals surface area contributed by atoms with Crippen LogP contribution in [0, 0.1) is 0 Å². The van der Waals surface area contributed by atoms with E-state index in [0.29, 0.717) is 4.75 Å². The highest BCUT2D eigenvalue weighted by Gasteiger charge is 2.41. The number of hydrogen-bond acceptors (Lipinski definition) is 4. The molecule has 0 aromatic heterocycles. The standard InChI is InChI=1S/C9H19N3OS/c1-3-7(8(10)12-13)11-6-9(14-2)4-5-9/h7,11,13H,3-6H2,1-2H3,(H2,10,12). The molecule has 4 N–H and O–H groups in total. The Morgan fingerprint density at radius 1 is 1.71 bits per heavy atom. The van der Waals surface area contributed by atoms with E-state index in [9.17, 15) is 0 Å². The van der Waals surface area contributed by atoms with Crippen molar-refractivity contribution in [2.45, 2.75) is 37.0 Å². The highest BCUT2D eigenvalue weighted by Crippen LogP contribution is 2.46. The fraction of sp³-hybridized carbons (Fsp3) is 0.889. The van der Waals surface area contributed by atoms with Gasteiger partial charge in [-0.15, -0.1) is 0 Å². The average molecular weight is 217 g/mol. The Kier molecular flexibility index (Phi) is 4.07. The van der Waals surface area contributed by atoms with Gasteiger partial charge in [0.25, 0.3) is 0 Å². The fourth-order valence-corrected chi connectivity index (χ4v) is 2.17. The minimum atomic E-state index is 0.00428. The monoisotopic (exact) mass is 217 g/mol. The second-order valence-electron chi connectivity index (χ2n) is 3.75. The fourth-order valence-electron chi connectivity index (χ4n) is 1.43. The summed E-state index contributed by atoms with van der Waals surface area (Å²) in [6, 6.07) is 0.00428. The van der Waals surface area contributed by atoms with Gasteiger partial charge in [0.15, 0.2) is 5.84 Å². The van der Waals surface area contributed by atoms with Crippen LogP contribution < -0.4 is 11.1 Å². The molecule has 1 fully saturated rings. The molecule has 1 atom stereocenters. The normalized spacial score (nSPS) is 22.0. The molecular weight excluding hydrogens is 198 g/mol. The number of amidine groups is 1. The Hall–Kier alpha value is -0.420. The van der Waals surface area contributed by atoms with E-state index in [0.717, 1.165) is 13.0 Å². The molecule has 4 nitrogen and oxygen atoms in total. The Morgan fingerprint density at radius 3 is 2.71 bits per heavy atom. The van der Waals surface area contributed by atoms with E-state index in [1.165, 1.54) is 12.8 Å². The molecular formula is C9H19N3OS. The molecule has 0 bridgehead atoms. The van der Waals surface area contributed by atoms with Gasteiger partial charge in [-0.25, -0.2) is 0 Å². The summed E-state index contributed by atoms with van der Waals surface area (Å²) in [5, 5.41) is 14.9. The minimum absolute atomic E-state index is 0.00428. The molecule has 1 unspecified atom stereocenters. The van der Waals surface area contributed by atoms with Gasteiger partial charge in [-0.2, -0.15) is 11.8 Å². The van der Waals surface area contributed by atoms with Crippen LogP contribution in [0.4, 0.5) is 0 Å². The van der Waals surface area contributed by atoms with E-state index < -0.39 is 0 Å². The SMILES string of the molecule is CCC(NCC1(SC)CC1)C(N)=NO. The summed E-state index contributed by atoms with van der Waals surface area (Å²) in [7, 11) is 0. The lowest BCUT2D eigenvalue weighted by Gasteiger charge is -2.19. The van der Waals surface area contributed by atoms with Crippen LogP contribution in [-0.2, 0) is 0 Å². The van der Waals surface area contributed by atoms with Gasteiger partial charge in [-0.1, -0.05) is 12.1 Å². The van der Waals surface area contributed by atoms with Gasteiger partial charge in [-0.05, 0) is 25.5 Å². The molecule has 0 spiro atoms. The van der Waals surface area contributed by atoms with Crippen molar-refractivity contribution in [3.05, 3.63) is 0 Å². The van der Waals surface area contributed by atoms with Crippen LogP contribution in [0.5, 0.6) is 0 Å². The second-order valence-corrected chi connectivity index (χ2v) is 5.03. The largest absolute Gasteiger partial charge is 0.409 e. The first-order chi connectivity index (χ1) is 6.67. The number of nitrogens with two attached hydrogens (primary N) is 1. The highest BCUT2D eigenvalue weighted by atomic mass is 32.2. The molecule has 0 aliphatic heterocycles. The summed E-state index contributed by atoms with van der Waals surface area (Å²) in [5.74, 6) is 0.282. The van der Waals surface area contributed by atoms with Crippen molar-refractivity contribution < 1.29 is 5.21 Å². The molecule has 0 aromatic carbocycles. The topological polar surface area (TPSA) is 70.6 Å². The molecule has 5 heteroatoms. The Morgan fingerprint density at radius 2 is 2.36 bits per heavy atom. The molecule has 1 aliphatic rings. The lowest BCUT2D eigenvalue weighted by molar-refractivity contribution is 0.314. The maximum absolute atomic E-state index is 8.56. The maximum Gasteiger partial charge on any atom is 0.156 e. The van der Waals surface area contributed by atoms with E-state index >= 15 is 0 Å². The van der Waals surface area contributed by atoms with E-state index in [1.807, 2.05) is 18.7 Å². The molecule has 1 rings (SSSR count). The quantitative estimate of drug-likeness (QED) is 0.269. The highest BCUT2D eigenvalue weighted by molar-refractivity contribution is 8.00. The number of thioether (sulfide) groups is 1. The first-order valence-corrected chi connectivity index (χ1v) is 6.16. The van der Waals surface area contributed by atoms with Crippen LogP contribution in [0.1, 0.15) is 26.2 Å². The smallest absolute Gasteiger partial charge is 0.156 e. The summed E-state index contributed by atoms with van der Waals surface area (Å²) < 4.78 is 0.420. The lowest BCUT2D eigenvalue weighted by Crippen LogP contribution is -2.44. The molecule has 1 saturated carbocycles. The van der Waals surface area contributed by atoms with Crippen LogP contribution in [-0.4, -0.2) is 34.6 Å². The second kappa shape index (κ2) is 4.89. The maximum atomic E-state index is 8.56. The van der Waals surface area contributed by atoms with E-state index in [2.05, 4.69) is 16.7 Å². The van der Waals surface area contributed by atoms with Crippen LogP contribution in [0.2, 0.25) is 0 Å². The van der Waals surface area contributed by atoms with Crippen molar-refractivity contribution in [2.24, 2.45) is 10.9 Å². The van der Waals surface area contributed by atoms with Crippen molar-refractivity contribution in [1.29, 1.82) is 0 Å². The van der Waals surface area contributed by atoms with Crippen LogP contribution in [0.15, 0.2) is 5.16 Å². The number of nitrogens with one attached hydrogen (secondary N) is 1. The third-order valence-electron chi connectivity index (χ3n) is 2.79. The number of nitrogens with zero attached hydrogens (tertiary/aromatic N) is 1. The van der Waals surface area contributed by atoms with Crippen LogP contribution in [0.25, 0.3) is 0 Å². The molecule has 82 valence electrons. The Balaban J connectivity index is 2.34. The summed E-state index contributed by atoms with van der Waals surface area (Å²) in [5.41, 5.74) is 5.55. The summed E-state index contributed by atoms with van der Waals surface area (Å²) in [4.78, 5) is 0.